The molecule has 4 rings (SSSR count). The van der Waals surface area contributed by atoms with Crippen LogP contribution in [0.15, 0.2) is 71.2 Å². The zero-order valence-corrected chi connectivity index (χ0v) is 20.3. The molecule has 3 aromatic carbocycles. The highest BCUT2D eigenvalue weighted by molar-refractivity contribution is 9.10. The van der Waals surface area contributed by atoms with E-state index in [0.29, 0.717) is 34.5 Å². The van der Waals surface area contributed by atoms with E-state index in [2.05, 4.69) is 31.6 Å². The lowest BCUT2D eigenvalue weighted by Gasteiger charge is -2.15. The van der Waals surface area contributed by atoms with Gasteiger partial charge >= 0.3 is 0 Å². The fourth-order valence-corrected chi connectivity index (χ4v) is 4.05. The van der Waals surface area contributed by atoms with Gasteiger partial charge in [-0.2, -0.15) is 5.10 Å². The number of aromatic nitrogens is 3. The van der Waals surface area contributed by atoms with Gasteiger partial charge in [-0.25, -0.2) is 9.77 Å². The summed E-state index contributed by atoms with van der Waals surface area (Å²) in [6, 6.07) is 21.2. The average molecular weight is 532 g/mol. The summed E-state index contributed by atoms with van der Waals surface area (Å²) >= 11 is 15.1. The van der Waals surface area contributed by atoms with Crippen LogP contribution in [0.3, 0.4) is 0 Å². The third kappa shape index (κ3) is 5.15. The molecule has 0 bridgehead atoms. The fraction of sp³-hybridized carbons (Fsp3) is 0.130. The van der Waals surface area contributed by atoms with E-state index >= 15 is 0 Å². The van der Waals surface area contributed by atoms with Gasteiger partial charge in [0, 0.05) is 15.1 Å². The molecule has 4 aromatic rings. The molecule has 1 heterocycles. The van der Waals surface area contributed by atoms with Gasteiger partial charge in [0.2, 0.25) is 4.77 Å². The third-order valence-corrected chi connectivity index (χ3v) is 5.76. The van der Waals surface area contributed by atoms with Gasteiger partial charge in [0.05, 0.1) is 19.2 Å². The molecule has 6 nitrogen and oxygen atoms in total. The second-order valence-electron chi connectivity index (χ2n) is 6.89. The van der Waals surface area contributed by atoms with Crippen LogP contribution in [0.1, 0.15) is 11.1 Å². The van der Waals surface area contributed by atoms with Gasteiger partial charge in [0.1, 0.15) is 18.1 Å². The number of aromatic amines is 1. The van der Waals surface area contributed by atoms with Crippen LogP contribution < -0.4 is 14.9 Å². The quantitative estimate of drug-likeness (QED) is 0.259. The first-order chi connectivity index (χ1) is 15.5. The van der Waals surface area contributed by atoms with E-state index < -0.39 is 0 Å². The minimum Gasteiger partial charge on any atom is -0.496 e. The average Bonchev–Trinajstić information content (AvgIpc) is 3.17. The van der Waals surface area contributed by atoms with E-state index in [-0.39, 0.29) is 0 Å². The van der Waals surface area contributed by atoms with Gasteiger partial charge in [-0.1, -0.05) is 51.8 Å². The molecule has 0 saturated carbocycles. The summed E-state index contributed by atoms with van der Waals surface area (Å²) in [6.07, 6.45) is 0. The minimum absolute atomic E-state index is 0.410. The molecule has 32 heavy (non-hydrogen) atoms. The summed E-state index contributed by atoms with van der Waals surface area (Å²) in [6.45, 7) is 0.868. The summed E-state index contributed by atoms with van der Waals surface area (Å²) < 4.78 is 14.7. The summed E-state index contributed by atoms with van der Waals surface area (Å²) in [7, 11) is 1.63. The topological polar surface area (TPSA) is 64.1 Å². The molecular formula is C23H20BrClN4O2S. The van der Waals surface area contributed by atoms with E-state index in [9.17, 15) is 0 Å². The van der Waals surface area contributed by atoms with Crippen LogP contribution >= 0.6 is 39.7 Å². The van der Waals surface area contributed by atoms with Crippen LogP contribution in [0.4, 0.5) is 0 Å². The Morgan fingerprint density at radius 1 is 1.09 bits per heavy atom. The number of nitrogens with one attached hydrogen (secondary N) is 2. The van der Waals surface area contributed by atoms with Crippen molar-refractivity contribution < 1.29 is 9.47 Å². The number of H-pyrrole nitrogens is 1. The number of hydrogen-bond acceptors (Lipinski definition) is 5. The standard InChI is InChI=1S/C23H20BrClN4O2S/c1-30-21-8-3-2-7-19(21)22-27-28-23(32)29(22)26-13-16-12-17(24)9-10-20(16)31-14-15-5-4-6-18(25)11-15/h2-12,26H,13-14H2,1H3,(H,28,32). The number of hydrogen-bond donors (Lipinski definition) is 2. The first-order valence-electron chi connectivity index (χ1n) is 9.75. The van der Waals surface area contributed by atoms with E-state index in [0.717, 1.165) is 26.9 Å². The van der Waals surface area contributed by atoms with Gasteiger partial charge in [-0.05, 0) is 60.2 Å². The molecule has 164 valence electrons. The van der Waals surface area contributed by atoms with Gasteiger partial charge in [-0.15, -0.1) is 0 Å². The number of ether oxygens (including phenoxy) is 2. The second kappa shape index (κ2) is 10.2. The van der Waals surface area contributed by atoms with E-state index in [4.69, 9.17) is 33.3 Å². The zero-order chi connectivity index (χ0) is 22.5. The predicted octanol–water partition coefficient (Wildman–Crippen LogP) is 6.35. The molecule has 1 aromatic heterocycles. The highest BCUT2D eigenvalue weighted by Gasteiger charge is 2.14. The van der Waals surface area contributed by atoms with Crippen molar-refractivity contribution in [2.24, 2.45) is 0 Å². The molecule has 0 aliphatic rings. The van der Waals surface area contributed by atoms with E-state index in [1.807, 2.05) is 66.7 Å². The van der Waals surface area contributed by atoms with Crippen molar-refractivity contribution in [2.45, 2.75) is 13.2 Å². The van der Waals surface area contributed by atoms with Crippen LogP contribution in [-0.2, 0) is 13.2 Å². The Labute approximate surface area is 204 Å². The van der Waals surface area contributed by atoms with Crippen molar-refractivity contribution in [1.29, 1.82) is 0 Å². The molecule has 0 saturated heterocycles. The number of para-hydroxylation sites is 1. The number of methoxy groups -OCH3 is 1. The van der Waals surface area contributed by atoms with Crippen LogP contribution in [0.5, 0.6) is 11.5 Å². The summed E-state index contributed by atoms with van der Waals surface area (Å²) in [5, 5.41) is 7.91. The Kier molecular flexibility index (Phi) is 7.14. The molecule has 0 amide bonds. The number of rotatable bonds is 8. The molecule has 9 heteroatoms. The number of benzene rings is 3. The van der Waals surface area contributed by atoms with Crippen molar-refractivity contribution in [3.8, 4) is 22.9 Å². The van der Waals surface area contributed by atoms with Crippen LogP contribution in [0.2, 0.25) is 5.02 Å². The number of nitrogens with zero attached hydrogens (tertiary/aromatic N) is 2. The third-order valence-electron chi connectivity index (χ3n) is 4.75. The Hall–Kier alpha value is -2.81. The Morgan fingerprint density at radius 3 is 2.75 bits per heavy atom. The second-order valence-corrected chi connectivity index (χ2v) is 8.63. The molecule has 0 fully saturated rings. The van der Waals surface area contributed by atoms with Crippen LogP contribution in [-0.4, -0.2) is 22.0 Å². The number of halogens is 2. The maximum atomic E-state index is 6.09. The SMILES string of the molecule is COc1ccccc1-c1n[nH]c(=S)n1NCc1cc(Br)ccc1OCc1cccc(Cl)c1. The largest absolute Gasteiger partial charge is 0.496 e. The lowest BCUT2D eigenvalue weighted by molar-refractivity contribution is 0.303. The maximum absolute atomic E-state index is 6.09. The van der Waals surface area contributed by atoms with Crippen LogP contribution in [0.25, 0.3) is 11.4 Å². The van der Waals surface area contributed by atoms with Gasteiger partial charge in [-0.3, -0.25) is 0 Å². The van der Waals surface area contributed by atoms with Crippen molar-refractivity contribution in [3.05, 3.63) is 92.1 Å². The van der Waals surface area contributed by atoms with Gasteiger partial charge in [0.25, 0.3) is 0 Å². The van der Waals surface area contributed by atoms with Gasteiger partial charge < -0.3 is 14.9 Å². The van der Waals surface area contributed by atoms with E-state index in [1.165, 1.54) is 0 Å². The minimum atomic E-state index is 0.410. The fourth-order valence-electron chi connectivity index (χ4n) is 3.23. The van der Waals surface area contributed by atoms with Gasteiger partial charge in [0.15, 0.2) is 5.82 Å². The van der Waals surface area contributed by atoms with Crippen molar-refractivity contribution in [1.82, 2.24) is 14.9 Å². The molecule has 0 radical (unpaired) electrons. The Bertz CT molecular complexity index is 1290. The molecular weight excluding hydrogens is 512 g/mol. The van der Waals surface area contributed by atoms with Crippen LogP contribution in [0, 0.1) is 4.77 Å². The molecule has 0 unspecified atom stereocenters. The van der Waals surface area contributed by atoms with Crippen molar-refractivity contribution >= 4 is 39.7 Å². The molecule has 0 atom stereocenters. The Balaban J connectivity index is 1.56. The molecule has 0 spiro atoms. The molecule has 0 aliphatic heterocycles. The smallest absolute Gasteiger partial charge is 0.214 e. The monoisotopic (exact) mass is 530 g/mol. The Morgan fingerprint density at radius 2 is 1.94 bits per heavy atom. The first-order valence-corrected chi connectivity index (χ1v) is 11.3. The zero-order valence-electron chi connectivity index (χ0n) is 17.1. The van der Waals surface area contributed by atoms with Crippen molar-refractivity contribution in [3.63, 3.8) is 0 Å². The summed E-state index contributed by atoms with van der Waals surface area (Å²) in [5.41, 5.74) is 6.11. The molecule has 2 N–H and O–H groups in total. The summed E-state index contributed by atoms with van der Waals surface area (Å²) in [5.74, 6) is 2.09. The molecule has 0 aliphatic carbocycles. The first kappa shape index (κ1) is 22.4. The highest BCUT2D eigenvalue weighted by atomic mass is 79.9. The lowest BCUT2D eigenvalue weighted by atomic mass is 10.2. The predicted molar refractivity (Wildman–Crippen MR) is 132 cm³/mol. The highest BCUT2D eigenvalue weighted by Crippen LogP contribution is 2.29. The maximum Gasteiger partial charge on any atom is 0.214 e. The summed E-state index contributed by atoms with van der Waals surface area (Å²) in [4.78, 5) is 0. The lowest BCUT2D eigenvalue weighted by Crippen LogP contribution is -2.16. The normalized spacial score (nSPS) is 10.7. The van der Waals surface area contributed by atoms with Crippen molar-refractivity contribution in [2.75, 3.05) is 12.5 Å². The van der Waals surface area contributed by atoms with E-state index in [1.54, 1.807) is 11.8 Å².